The number of benzene rings is 6. The second-order valence-corrected chi connectivity index (χ2v) is 14.1. The number of hydrogen-bond donors (Lipinski definition) is 0. The van der Waals surface area contributed by atoms with Crippen LogP contribution >= 0.6 is 0 Å². The summed E-state index contributed by atoms with van der Waals surface area (Å²) >= 11 is 0. The Balaban J connectivity index is 1.34. The van der Waals surface area contributed by atoms with Gasteiger partial charge in [0.05, 0.1) is 5.41 Å². The normalized spacial score (nSPS) is 18.2. The van der Waals surface area contributed by atoms with E-state index in [0.29, 0.717) is 5.92 Å². The molecule has 1 unspecified atom stereocenters. The fourth-order valence-corrected chi connectivity index (χ4v) is 9.55. The first-order valence-electron chi connectivity index (χ1n) is 18.0. The molecule has 0 aromatic heterocycles. The van der Waals surface area contributed by atoms with Crippen LogP contribution in [0, 0.1) is 5.92 Å². The van der Waals surface area contributed by atoms with Gasteiger partial charge in [0.1, 0.15) is 0 Å². The quantitative estimate of drug-likeness (QED) is 0.171. The number of hydrogen-bond acceptors (Lipinski definition) is 0. The van der Waals surface area contributed by atoms with Gasteiger partial charge >= 0.3 is 0 Å². The van der Waals surface area contributed by atoms with Crippen molar-refractivity contribution in [3.8, 4) is 22.3 Å². The van der Waals surface area contributed by atoms with E-state index in [9.17, 15) is 0 Å². The molecule has 0 heteroatoms. The molecule has 0 aliphatic heterocycles. The van der Waals surface area contributed by atoms with Gasteiger partial charge in [-0.25, -0.2) is 0 Å². The molecule has 0 N–H and O–H groups in total. The Bertz CT molecular complexity index is 2350. The molecule has 10 rings (SSSR count). The van der Waals surface area contributed by atoms with Crippen LogP contribution < -0.4 is 0 Å². The SMILES string of the molecule is C1=CC2CC=CC(c3ccc4c(c3)C(c3ccccc3)(c3ccccc3)c3cc(-c5cccc6ccccc56)c5c(c3-4)CCC=C5)=C2CC1. The lowest BCUT2D eigenvalue weighted by atomic mass is 9.66. The smallest absolute Gasteiger partial charge is 0.0714 e. The van der Waals surface area contributed by atoms with Gasteiger partial charge in [-0.1, -0.05) is 157 Å². The number of allylic oxidation sites excluding steroid dienone is 7. The van der Waals surface area contributed by atoms with Crippen molar-refractivity contribution >= 4 is 22.4 Å². The van der Waals surface area contributed by atoms with E-state index in [1.54, 1.807) is 5.57 Å². The zero-order valence-electron chi connectivity index (χ0n) is 27.7. The second-order valence-electron chi connectivity index (χ2n) is 14.1. The van der Waals surface area contributed by atoms with Gasteiger partial charge in [-0.3, -0.25) is 0 Å². The summed E-state index contributed by atoms with van der Waals surface area (Å²) in [6.07, 6.45) is 19.9. The van der Waals surface area contributed by atoms with E-state index in [1.807, 2.05) is 0 Å². The molecular formula is C49H38. The largest absolute Gasteiger partial charge is 0.0876 e. The van der Waals surface area contributed by atoms with Crippen molar-refractivity contribution in [2.75, 3.05) is 0 Å². The summed E-state index contributed by atoms with van der Waals surface area (Å²) < 4.78 is 0. The molecule has 0 fully saturated rings. The summed E-state index contributed by atoms with van der Waals surface area (Å²) in [5.74, 6) is 0.522. The van der Waals surface area contributed by atoms with Gasteiger partial charge < -0.3 is 0 Å². The molecule has 0 nitrogen and oxygen atoms in total. The van der Waals surface area contributed by atoms with Crippen molar-refractivity contribution in [2.24, 2.45) is 5.92 Å². The second kappa shape index (κ2) is 11.3. The molecule has 0 spiro atoms. The first-order chi connectivity index (χ1) is 24.3. The molecule has 0 saturated heterocycles. The average molecular weight is 627 g/mol. The van der Waals surface area contributed by atoms with Crippen molar-refractivity contribution in [1.82, 2.24) is 0 Å². The van der Waals surface area contributed by atoms with E-state index < -0.39 is 5.41 Å². The van der Waals surface area contributed by atoms with Crippen LogP contribution in [0.3, 0.4) is 0 Å². The zero-order chi connectivity index (χ0) is 32.4. The summed E-state index contributed by atoms with van der Waals surface area (Å²) in [4.78, 5) is 0. The summed E-state index contributed by atoms with van der Waals surface area (Å²) in [5, 5.41) is 2.59. The van der Waals surface area contributed by atoms with Crippen LogP contribution in [0.4, 0.5) is 0 Å². The van der Waals surface area contributed by atoms with E-state index in [0.717, 1.165) is 32.1 Å². The Morgan fingerprint density at radius 3 is 2.14 bits per heavy atom. The highest BCUT2D eigenvalue weighted by molar-refractivity contribution is 6.02. The first-order valence-corrected chi connectivity index (χ1v) is 18.0. The molecule has 234 valence electrons. The van der Waals surface area contributed by atoms with Gasteiger partial charge in [0.15, 0.2) is 0 Å². The highest BCUT2D eigenvalue weighted by atomic mass is 14.5. The molecule has 0 heterocycles. The van der Waals surface area contributed by atoms with Crippen LogP contribution in [0.15, 0.2) is 163 Å². The van der Waals surface area contributed by atoms with Crippen molar-refractivity contribution in [3.63, 3.8) is 0 Å². The van der Waals surface area contributed by atoms with Crippen molar-refractivity contribution in [2.45, 2.75) is 37.5 Å². The first kappa shape index (κ1) is 28.5. The van der Waals surface area contributed by atoms with E-state index in [2.05, 4.69) is 164 Å². The Morgan fingerprint density at radius 2 is 1.31 bits per heavy atom. The number of fused-ring (bicyclic) bond motifs is 7. The third kappa shape index (κ3) is 4.23. The Labute approximate surface area is 289 Å². The molecule has 0 radical (unpaired) electrons. The minimum absolute atomic E-state index is 0.464. The van der Waals surface area contributed by atoms with Crippen molar-refractivity contribution in [3.05, 3.63) is 202 Å². The lowest BCUT2D eigenvalue weighted by Crippen LogP contribution is -2.29. The Morgan fingerprint density at radius 1 is 0.551 bits per heavy atom. The van der Waals surface area contributed by atoms with Gasteiger partial charge in [0.25, 0.3) is 0 Å². The van der Waals surface area contributed by atoms with Crippen molar-refractivity contribution in [1.29, 1.82) is 0 Å². The van der Waals surface area contributed by atoms with Gasteiger partial charge in [-0.2, -0.15) is 0 Å². The molecule has 49 heavy (non-hydrogen) atoms. The minimum Gasteiger partial charge on any atom is -0.0876 e. The molecule has 6 aromatic rings. The maximum absolute atomic E-state index is 2.58. The topological polar surface area (TPSA) is 0 Å². The molecule has 4 aliphatic carbocycles. The van der Waals surface area contributed by atoms with Crippen LogP contribution in [-0.2, 0) is 11.8 Å². The van der Waals surface area contributed by atoms with Crippen LogP contribution in [-0.4, -0.2) is 0 Å². The Kier molecular flexibility index (Phi) is 6.59. The van der Waals surface area contributed by atoms with Crippen LogP contribution in [0.2, 0.25) is 0 Å². The standard InChI is InChI=1S/C49H38/c1-3-19-36(20-4-1)49(37-21-5-2-6-22-37)46-31-35(40-27-13-17-33-15-7-9-23-38(33)40)29-30-44(46)48-43-26-12-11-25-42(43)45(32-47(48)49)41-28-14-18-34-16-8-10-24-39(34)41/h1-8,10-11,13-16,18-22,24-25,27-33H,9,12,17,23,26H2. The minimum atomic E-state index is -0.464. The molecule has 6 aromatic carbocycles. The van der Waals surface area contributed by atoms with Crippen LogP contribution in [0.25, 0.3) is 44.7 Å². The van der Waals surface area contributed by atoms with Gasteiger partial charge in [-0.05, 0) is 122 Å². The molecular weight excluding hydrogens is 589 g/mol. The third-order valence-corrected chi connectivity index (χ3v) is 11.6. The zero-order valence-corrected chi connectivity index (χ0v) is 27.7. The van der Waals surface area contributed by atoms with E-state index in [1.165, 1.54) is 77.5 Å². The lowest BCUT2D eigenvalue weighted by Gasteiger charge is -2.35. The highest BCUT2D eigenvalue weighted by Crippen LogP contribution is 2.60. The fraction of sp³-hybridized carbons (Fsp3) is 0.143. The van der Waals surface area contributed by atoms with Crippen LogP contribution in [0.5, 0.6) is 0 Å². The van der Waals surface area contributed by atoms with Gasteiger partial charge in [-0.15, -0.1) is 0 Å². The summed E-state index contributed by atoms with van der Waals surface area (Å²) in [6, 6.07) is 48.4. The molecule has 0 saturated carbocycles. The molecule has 1 atom stereocenters. The van der Waals surface area contributed by atoms with E-state index in [-0.39, 0.29) is 0 Å². The fourth-order valence-electron chi connectivity index (χ4n) is 9.55. The Hall–Kier alpha value is -5.46. The summed E-state index contributed by atoms with van der Waals surface area (Å²) in [6.45, 7) is 0. The molecule has 0 amide bonds. The monoisotopic (exact) mass is 626 g/mol. The molecule has 0 bridgehead atoms. The molecule has 4 aliphatic rings. The predicted molar refractivity (Wildman–Crippen MR) is 207 cm³/mol. The summed E-state index contributed by atoms with van der Waals surface area (Å²) in [5.41, 5.74) is 17.7. The van der Waals surface area contributed by atoms with E-state index >= 15 is 0 Å². The average Bonchev–Trinajstić information content (AvgIpc) is 3.48. The van der Waals surface area contributed by atoms with Crippen LogP contribution in [0.1, 0.15) is 64.6 Å². The van der Waals surface area contributed by atoms with Gasteiger partial charge in [0.2, 0.25) is 0 Å². The lowest BCUT2D eigenvalue weighted by molar-refractivity contribution is 0.689. The van der Waals surface area contributed by atoms with Crippen molar-refractivity contribution < 1.29 is 0 Å². The van der Waals surface area contributed by atoms with E-state index in [4.69, 9.17) is 0 Å². The highest BCUT2D eigenvalue weighted by Gasteiger charge is 2.48. The summed E-state index contributed by atoms with van der Waals surface area (Å²) in [7, 11) is 0. The number of rotatable bonds is 4. The predicted octanol–water partition coefficient (Wildman–Crippen LogP) is 12.5. The van der Waals surface area contributed by atoms with Gasteiger partial charge in [0, 0.05) is 5.92 Å². The maximum Gasteiger partial charge on any atom is 0.0714 e. The third-order valence-electron chi connectivity index (χ3n) is 11.6. The maximum atomic E-state index is 2.58.